The monoisotopic (exact) mass is 403 g/mol. The maximum absolute atomic E-state index is 12.6. The predicted molar refractivity (Wildman–Crippen MR) is 109 cm³/mol. The van der Waals surface area contributed by atoms with E-state index in [-0.39, 0.29) is 12.3 Å². The molecule has 0 heterocycles. The quantitative estimate of drug-likeness (QED) is 0.466. The molecule has 9 heteroatoms. The largest absolute Gasteiger partial charge is 0.484 e. The molecule has 0 aliphatic heterocycles. The second-order valence-corrected chi connectivity index (χ2v) is 6.79. The standard InChI is InChI=1S/C19H21N3O5S/c1-28-11-10-17(21-18(23)13-27-16-8-3-2-4-9-16)19(24)20-14-6-5-7-15(12-14)22(25)26/h2-9,12,17H,10-11,13H2,1H3,(H,20,24)(H,21,23)/t17-/m1/s1. The van der Waals surface area contributed by atoms with Gasteiger partial charge in [-0.05, 0) is 36.6 Å². The lowest BCUT2D eigenvalue weighted by Gasteiger charge is -2.18. The molecule has 2 rings (SSSR count). The fourth-order valence-electron chi connectivity index (χ4n) is 2.33. The van der Waals surface area contributed by atoms with E-state index in [4.69, 9.17) is 4.74 Å². The minimum absolute atomic E-state index is 0.126. The van der Waals surface area contributed by atoms with Crippen LogP contribution in [0.5, 0.6) is 5.75 Å². The fraction of sp³-hybridized carbons (Fsp3) is 0.263. The lowest BCUT2D eigenvalue weighted by atomic mass is 10.2. The number of nitrogens with one attached hydrogen (secondary N) is 2. The summed E-state index contributed by atoms with van der Waals surface area (Å²) < 4.78 is 5.39. The molecule has 28 heavy (non-hydrogen) atoms. The Labute approximate surface area is 166 Å². The van der Waals surface area contributed by atoms with Crippen molar-refractivity contribution in [3.8, 4) is 5.75 Å². The molecule has 0 unspecified atom stereocenters. The third-order valence-electron chi connectivity index (χ3n) is 3.70. The lowest BCUT2D eigenvalue weighted by molar-refractivity contribution is -0.384. The third-order valence-corrected chi connectivity index (χ3v) is 4.34. The number of para-hydroxylation sites is 1. The van der Waals surface area contributed by atoms with Crippen LogP contribution >= 0.6 is 11.8 Å². The normalized spacial score (nSPS) is 11.3. The van der Waals surface area contributed by atoms with Crippen LogP contribution in [0.25, 0.3) is 0 Å². The molecule has 0 radical (unpaired) electrons. The number of nitrogens with zero attached hydrogens (tertiary/aromatic N) is 1. The molecule has 148 valence electrons. The first-order valence-corrected chi connectivity index (χ1v) is 9.90. The number of rotatable bonds is 10. The number of nitro benzene ring substituents is 1. The average molecular weight is 403 g/mol. The Morgan fingerprint density at radius 1 is 1.18 bits per heavy atom. The molecule has 0 spiro atoms. The maximum Gasteiger partial charge on any atom is 0.271 e. The molecular weight excluding hydrogens is 382 g/mol. The minimum Gasteiger partial charge on any atom is -0.484 e. The first kappa shape index (κ1) is 21.2. The molecule has 0 aliphatic rings. The van der Waals surface area contributed by atoms with Gasteiger partial charge in [0, 0.05) is 17.8 Å². The van der Waals surface area contributed by atoms with Gasteiger partial charge in [0.1, 0.15) is 11.8 Å². The molecule has 0 aromatic heterocycles. The summed E-state index contributed by atoms with van der Waals surface area (Å²) in [4.78, 5) is 35.1. The van der Waals surface area contributed by atoms with Gasteiger partial charge >= 0.3 is 0 Å². The van der Waals surface area contributed by atoms with Gasteiger partial charge in [-0.2, -0.15) is 11.8 Å². The van der Waals surface area contributed by atoms with Crippen LogP contribution in [-0.4, -0.2) is 41.4 Å². The van der Waals surface area contributed by atoms with Crippen LogP contribution in [-0.2, 0) is 9.59 Å². The minimum atomic E-state index is -0.779. The van der Waals surface area contributed by atoms with Crippen molar-refractivity contribution < 1.29 is 19.2 Å². The number of carbonyl (C=O) groups excluding carboxylic acids is 2. The van der Waals surface area contributed by atoms with E-state index >= 15 is 0 Å². The number of hydrogen-bond donors (Lipinski definition) is 2. The summed E-state index contributed by atoms with van der Waals surface area (Å²) >= 11 is 1.55. The Morgan fingerprint density at radius 3 is 2.61 bits per heavy atom. The number of hydrogen-bond acceptors (Lipinski definition) is 6. The van der Waals surface area contributed by atoms with E-state index in [0.29, 0.717) is 23.6 Å². The van der Waals surface area contributed by atoms with Gasteiger partial charge in [-0.15, -0.1) is 0 Å². The third kappa shape index (κ3) is 6.92. The van der Waals surface area contributed by atoms with E-state index in [2.05, 4.69) is 10.6 Å². The van der Waals surface area contributed by atoms with Gasteiger partial charge in [0.05, 0.1) is 4.92 Å². The highest BCUT2D eigenvalue weighted by Gasteiger charge is 2.21. The number of anilines is 1. The van der Waals surface area contributed by atoms with E-state index < -0.39 is 22.8 Å². The number of ether oxygens (including phenoxy) is 1. The second kappa shape index (κ2) is 10.9. The predicted octanol–water partition coefficient (Wildman–Crippen LogP) is 2.85. The van der Waals surface area contributed by atoms with Crippen LogP contribution in [0.2, 0.25) is 0 Å². The zero-order chi connectivity index (χ0) is 20.4. The fourth-order valence-corrected chi connectivity index (χ4v) is 2.80. The highest BCUT2D eigenvalue weighted by molar-refractivity contribution is 7.98. The summed E-state index contributed by atoms with van der Waals surface area (Å²) in [5.74, 6) is 0.346. The van der Waals surface area contributed by atoms with Crippen LogP contribution in [0.15, 0.2) is 54.6 Å². The number of nitro groups is 1. The van der Waals surface area contributed by atoms with Crippen molar-refractivity contribution in [1.82, 2.24) is 5.32 Å². The molecule has 0 bridgehead atoms. The van der Waals surface area contributed by atoms with Crippen molar-refractivity contribution in [2.75, 3.05) is 23.9 Å². The smallest absolute Gasteiger partial charge is 0.271 e. The van der Waals surface area contributed by atoms with E-state index in [1.807, 2.05) is 12.3 Å². The summed E-state index contributed by atoms with van der Waals surface area (Å²) in [6.07, 6.45) is 2.31. The van der Waals surface area contributed by atoms with E-state index in [1.165, 1.54) is 18.2 Å². The zero-order valence-electron chi connectivity index (χ0n) is 15.3. The molecule has 8 nitrogen and oxygen atoms in total. The highest BCUT2D eigenvalue weighted by atomic mass is 32.2. The van der Waals surface area contributed by atoms with Crippen LogP contribution in [0.3, 0.4) is 0 Å². The SMILES string of the molecule is CSCC[C@@H](NC(=O)COc1ccccc1)C(=O)Nc1cccc([N+](=O)[O-])c1. The van der Waals surface area contributed by atoms with Crippen LogP contribution in [0.1, 0.15) is 6.42 Å². The van der Waals surface area contributed by atoms with Gasteiger partial charge in [-0.25, -0.2) is 0 Å². The molecule has 2 amide bonds. The molecule has 0 fully saturated rings. The van der Waals surface area contributed by atoms with Crippen molar-refractivity contribution in [1.29, 1.82) is 0 Å². The Bertz CT molecular complexity index is 816. The Hall–Kier alpha value is -3.07. The maximum atomic E-state index is 12.6. The number of carbonyl (C=O) groups is 2. The summed E-state index contributed by atoms with van der Waals surface area (Å²) in [6.45, 7) is -0.218. The molecule has 2 aromatic carbocycles. The van der Waals surface area contributed by atoms with Crippen molar-refractivity contribution >= 4 is 35.0 Å². The molecule has 2 N–H and O–H groups in total. The summed E-state index contributed by atoms with van der Waals surface area (Å²) in [5.41, 5.74) is 0.168. The first-order chi connectivity index (χ1) is 13.5. The van der Waals surface area contributed by atoms with Gasteiger partial charge in [-0.1, -0.05) is 24.3 Å². The van der Waals surface area contributed by atoms with Gasteiger partial charge in [0.2, 0.25) is 5.91 Å². The summed E-state index contributed by atoms with van der Waals surface area (Å²) in [6, 6.07) is 13.7. The highest BCUT2D eigenvalue weighted by Crippen LogP contribution is 2.17. The van der Waals surface area contributed by atoms with E-state index in [0.717, 1.165) is 0 Å². The number of thioether (sulfide) groups is 1. The second-order valence-electron chi connectivity index (χ2n) is 5.80. The van der Waals surface area contributed by atoms with Crippen LogP contribution in [0, 0.1) is 10.1 Å². The number of benzene rings is 2. The van der Waals surface area contributed by atoms with Crippen molar-refractivity contribution in [3.63, 3.8) is 0 Å². The Kier molecular flexibility index (Phi) is 8.29. The molecule has 0 saturated carbocycles. The van der Waals surface area contributed by atoms with Gasteiger partial charge < -0.3 is 15.4 Å². The van der Waals surface area contributed by atoms with Gasteiger partial charge in [0.15, 0.2) is 6.61 Å². The number of amides is 2. The number of non-ortho nitro benzene ring substituents is 1. The summed E-state index contributed by atoms with van der Waals surface area (Å²) in [5, 5.41) is 16.1. The average Bonchev–Trinajstić information content (AvgIpc) is 2.70. The molecule has 1 atom stereocenters. The Morgan fingerprint density at radius 2 is 1.93 bits per heavy atom. The van der Waals surface area contributed by atoms with Gasteiger partial charge in [-0.3, -0.25) is 19.7 Å². The topological polar surface area (TPSA) is 111 Å². The molecule has 2 aromatic rings. The molecular formula is C19H21N3O5S. The first-order valence-electron chi connectivity index (χ1n) is 8.51. The Balaban J connectivity index is 1.97. The van der Waals surface area contributed by atoms with E-state index in [9.17, 15) is 19.7 Å². The van der Waals surface area contributed by atoms with Crippen molar-refractivity contribution in [3.05, 3.63) is 64.7 Å². The van der Waals surface area contributed by atoms with Crippen LogP contribution in [0.4, 0.5) is 11.4 Å². The molecule has 0 saturated heterocycles. The van der Waals surface area contributed by atoms with Crippen molar-refractivity contribution in [2.45, 2.75) is 12.5 Å². The zero-order valence-corrected chi connectivity index (χ0v) is 16.1. The summed E-state index contributed by atoms with van der Waals surface area (Å²) in [7, 11) is 0. The van der Waals surface area contributed by atoms with Crippen molar-refractivity contribution in [2.24, 2.45) is 0 Å². The van der Waals surface area contributed by atoms with Gasteiger partial charge in [0.25, 0.3) is 11.6 Å². The van der Waals surface area contributed by atoms with Crippen LogP contribution < -0.4 is 15.4 Å². The lowest BCUT2D eigenvalue weighted by Crippen LogP contribution is -2.45. The molecule has 0 aliphatic carbocycles. The van der Waals surface area contributed by atoms with E-state index in [1.54, 1.807) is 42.1 Å².